The van der Waals surface area contributed by atoms with Gasteiger partial charge >= 0.3 is 0 Å². The lowest BCUT2D eigenvalue weighted by Gasteiger charge is -2.13. The summed E-state index contributed by atoms with van der Waals surface area (Å²) in [6.07, 6.45) is 0.721. The van der Waals surface area contributed by atoms with Gasteiger partial charge in [-0.1, -0.05) is 19.1 Å². The third kappa shape index (κ3) is 5.12. The Morgan fingerprint density at radius 1 is 1.55 bits per heavy atom. The SMILES string of the molecule is CCC(OCCOC)C(N)=S. The van der Waals surface area contributed by atoms with Gasteiger partial charge in [-0.3, -0.25) is 0 Å². The molecular formula is C7H15NO2S. The molecule has 0 saturated heterocycles. The predicted octanol–water partition coefficient (Wildman–Crippen LogP) is 0.714. The Morgan fingerprint density at radius 3 is 2.55 bits per heavy atom. The summed E-state index contributed by atoms with van der Waals surface area (Å²) in [6.45, 7) is 3.11. The highest BCUT2D eigenvalue weighted by Gasteiger charge is 2.07. The second-order valence-electron chi connectivity index (χ2n) is 2.16. The minimum atomic E-state index is -0.0971. The summed E-state index contributed by atoms with van der Waals surface area (Å²) < 4.78 is 10.1. The Hall–Kier alpha value is -0.190. The van der Waals surface area contributed by atoms with E-state index in [-0.39, 0.29) is 6.10 Å². The fourth-order valence-corrected chi connectivity index (χ4v) is 0.910. The molecule has 0 aliphatic carbocycles. The quantitative estimate of drug-likeness (QED) is 0.479. The lowest BCUT2D eigenvalue weighted by molar-refractivity contribution is 0.0471. The zero-order valence-corrected chi connectivity index (χ0v) is 7.82. The first-order chi connectivity index (χ1) is 5.22. The molecule has 0 aliphatic heterocycles. The van der Waals surface area contributed by atoms with Gasteiger partial charge in [0.15, 0.2) is 0 Å². The molecule has 0 aromatic rings. The number of rotatable bonds is 6. The maximum absolute atomic E-state index is 5.40. The molecule has 0 bridgehead atoms. The molecule has 0 heterocycles. The van der Waals surface area contributed by atoms with Crippen molar-refractivity contribution in [1.29, 1.82) is 0 Å². The van der Waals surface area contributed by atoms with E-state index in [0.29, 0.717) is 18.2 Å². The third-order valence-corrected chi connectivity index (χ3v) is 1.56. The van der Waals surface area contributed by atoms with Crippen molar-refractivity contribution in [2.75, 3.05) is 20.3 Å². The van der Waals surface area contributed by atoms with E-state index >= 15 is 0 Å². The van der Waals surface area contributed by atoms with Crippen molar-refractivity contribution in [1.82, 2.24) is 0 Å². The van der Waals surface area contributed by atoms with Gasteiger partial charge in [0.1, 0.15) is 11.1 Å². The maximum atomic E-state index is 5.40. The molecule has 2 N–H and O–H groups in total. The van der Waals surface area contributed by atoms with Crippen LogP contribution in [-0.2, 0) is 9.47 Å². The molecule has 0 aliphatic rings. The van der Waals surface area contributed by atoms with E-state index in [0.717, 1.165) is 6.42 Å². The Kier molecular flexibility index (Phi) is 6.40. The summed E-state index contributed by atoms with van der Waals surface area (Å²) in [5, 5.41) is 0. The minimum Gasteiger partial charge on any atom is -0.391 e. The molecule has 0 saturated carbocycles. The van der Waals surface area contributed by atoms with Crippen molar-refractivity contribution in [3.63, 3.8) is 0 Å². The van der Waals surface area contributed by atoms with Crippen molar-refractivity contribution in [3.8, 4) is 0 Å². The van der Waals surface area contributed by atoms with E-state index in [1.807, 2.05) is 6.92 Å². The van der Waals surface area contributed by atoms with Crippen LogP contribution in [0.1, 0.15) is 13.3 Å². The van der Waals surface area contributed by atoms with Gasteiger partial charge in [-0.25, -0.2) is 0 Å². The average Bonchev–Trinajstić information content (AvgIpc) is 1.97. The number of methoxy groups -OCH3 is 1. The summed E-state index contributed by atoms with van der Waals surface area (Å²) in [7, 11) is 1.63. The van der Waals surface area contributed by atoms with E-state index in [9.17, 15) is 0 Å². The van der Waals surface area contributed by atoms with Crippen LogP contribution in [-0.4, -0.2) is 31.4 Å². The Labute approximate surface area is 72.9 Å². The van der Waals surface area contributed by atoms with Crippen LogP contribution in [0.15, 0.2) is 0 Å². The molecule has 4 heteroatoms. The molecule has 66 valence electrons. The van der Waals surface area contributed by atoms with E-state index < -0.39 is 0 Å². The Balaban J connectivity index is 3.44. The van der Waals surface area contributed by atoms with Crippen molar-refractivity contribution in [2.45, 2.75) is 19.4 Å². The smallest absolute Gasteiger partial charge is 0.107 e. The van der Waals surface area contributed by atoms with Gasteiger partial charge < -0.3 is 15.2 Å². The number of thiocarbonyl (C=S) groups is 1. The Morgan fingerprint density at radius 2 is 2.18 bits per heavy atom. The highest BCUT2D eigenvalue weighted by atomic mass is 32.1. The summed E-state index contributed by atoms with van der Waals surface area (Å²) in [4.78, 5) is 0.420. The van der Waals surface area contributed by atoms with Gasteiger partial charge in [0, 0.05) is 7.11 Å². The molecular weight excluding hydrogens is 162 g/mol. The topological polar surface area (TPSA) is 44.5 Å². The second-order valence-corrected chi connectivity index (χ2v) is 2.63. The van der Waals surface area contributed by atoms with Gasteiger partial charge in [-0.2, -0.15) is 0 Å². The van der Waals surface area contributed by atoms with E-state index in [1.54, 1.807) is 7.11 Å². The number of hydrogen-bond acceptors (Lipinski definition) is 3. The van der Waals surface area contributed by atoms with Crippen LogP contribution in [0.2, 0.25) is 0 Å². The molecule has 11 heavy (non-hydrogen) atoms. The highest BCUT2D eigenvalue weighted by Crippen LogP contribution is 1.97. The van der Waals surface area contributed by atoms with Crippen LogP contribution in [0.3, 0.4) is 0 Å². The van der Waals surface area contributed by atoms with Crippen LogP contribution < -0.4 is 5.73 Å². The lowest BCUT2D eigenvalue weighted by Crippen LogP contribution is -2.29. The number of hydrogen-bond donors (Lipinski definition) is 1. The maximum Gasteiger partial charge on any atom is 0.107 e. The van der Waals surface area contributed by atoms with E-state index in [4.69, 9.17) is 27.4 Å². The van der Waals surface area contributed by atoms with Crippen molar-refractivity contribution in [2.24, 2.45) is 5.73 Å². The normalized spacial score (nSPS) is 12.9. The fraction of sp³-hybridized carbons (Fsp3) is 0.857. The molecule has 0 aromatic carbocycles. The Bertz CT molecular complexity index is 119. The molecule has 0 amide bonds. The standard InChI is InChI=1S/C7H15NO2S/c1-3-6(7(8)11)10-5-4-9-2/h6H,3-5H2,1-2H3,(H2,8,11). The van der Waals surface area contributed by atoms with Gasteiger partial charge in [0.05, 0.1) is 13.2 Å². The average molecular weight is 177 g/mol. The molecule has 1 atom stereocenters. The largest absolute Gasteiger partial charge is 0.391 e. The van der Waals surface area contributed by atoms with Crippen LogP contribution in [0.4, 0.5) is 0 Å². The van der Waals surface area contributed by atoms with Crippen molar-refractivity contribution >= 4 is 17.2 Å². The molecule has 0 radical (unpaired) electrons. The van der Waals surface area contributed by atoms with Gasteiger partial charge in [-0.15, -0.1) is 0 Å². The molecule has 1 unspecified atom stereocenters. The van der Waals surface area contributed by atoms with Crippen LogP contribution in [0.25, 0.3) is 0 Å². The van der Waals surface area contributed by atoms with Gasteiger partial charge in [0.25, 0.3) is 0 Å². The molecule has 3 nitrogen and oxygen atoms in total. The third-order valence-electron chi connectivity index (χ3n) is 1.29. The summed E-state index contributed by atoms with van der Waals surface area (Å²) >= 11 is 4.78. The van der Waals surface area contributed by atoms with Gasteiger partial charge in [0.2, 0.25) is 0 Å². The number of ether oxygens (including phenoxy) is 2. The lowest BCUT2D eigenvalue weighted by atomic mass is 10.3. The van der Waals surface area contributed by atoms with Crippen LogP contribution in [0.5, 0.6) is 0 Å². The zero-order valence-electron chi connectivity index (χ0n) is 7.00. The second kappa shape index (κ2) is 6.52. The van der Waals surface area contributed by atoms with E-state index in [2.05, 4.69) is 0 Å². The summed E-state index contributed by atoms with van der Waals surface area (Å²) in [5.74, 6) is 0. The molecule has 0 aromatic heterocycles. The molecule has 0 rings (SSSR count). The fourth-order valence-electron chi connectivity index (χ4n) is 0.675. The van der Waals surface area contributed by atoms with Crippen LogP contribution in [0, 0.1) is 0 Å². The van der Waals surface area contributed by atoms with Crippen molar-refractivity contribution < 1.29 is 9.47 Å². The number of nitrogens with two attached hydrogens (primary N) is 1. The van der Waals surface area contributed by atoms with Gasteiger partial charge in [-0.05, 0) is 6.42 Å². The first-order valence-electron chi connectivity index (χ1n) is 3.62. The van der Waals surface area contributed by atoms with Crippen LogP contribution >= 0.6 is 12.2 Å². The molecule has 0 spiro atoms. The zero-order chi connectivity index (χ0) is 8.69. The molecule has 0 fully saturated rings. The summed E-state index contributed by atoms with van der Waals surface area (Å²) in [6, 6.07) is 0. The highest BCUT2D eigenvalue weighted by molar-refractivity contribution is 7.80. The summed E-state index contributed by atoms with van der Waals surface area (Å²) in [5.41, 5.74) is 5.40. The van der Waals surface area contributed by atoms with Crippen molar-refractivity contribution in [3.05, 3.63) is 0 Å². The minimum absolute atomic E-state index is 0.0971. The first-order valence-corrected chi connectivity index (χ1v) is 4.03. The first kappa shape index (κ1) is 10.8. The predicted molar refractivity (Wildman–Crippen MR) is 48.7 cm³/mol. The monoisotopic (exact) mass is 177 g/mol. The van der Waals surface area contributed by atoms with E-state index in [1.165, 1.54) is 0 Å².